The Bertz CT molecular complexity index is 784. The predicted octanol–water partition coefficient (Wildman–Crippen LogP) is 3.88. The number of nitriles is 1. The molecule has 5 nitrogen and oxygen atoms in total. The van der Waals surface area contributed by atoms with Crippen molar-refractivity contribution >= 4 is 11.6 Å². The molecule has 0 heterocycles. The van der Waals surface area contributed by atoms with Crippen molar-refractivity contribution in [2.75, 3.05) is 19.0 Å². The third-order valence-electron chi connectivity index (χ3n) is 3.69. The number of anilines is 1. The van der Waals surface area contributed by atoms with E-state index in [1.807, 2.05) is 30.3 Å². The minimum atomic E-state index is -0.269. The number of nitrogens with zero attached hydrogens (tertiary/aromatic N) is 1. The Labute approximate surface area is 148 Å². The molecule has 1 N–H and O–H groups in total. The van der Waals surface area contributed by atoms with Gasteiger partial charge in [0.2, 0.25) is 0 Å². The van der Waals surface area contributed by atoms with Gasteiger partial charge in [0.25, 0.3) is 5.91 Å². The first-order chi connectivity index (χ1) is 11.8. The van der Waals surface area contributed by atoms with E-state index in [9.17, 15) is 4.79 Å². The van der Waals surface area contributed by atoms with Gasteiger partial charge in [0.15, 0.2) is 18.1 Å². The highest BCUT2D eigenvalue weighted by Gasteiger charge is 2.13. The maximum Gasteiger partial charge on any atom is 0.262 e. The summed E-state index contributed by atoms with van der Waals surface area (Å²) in [4.78, 5) is 12.1. The average Bonchev–Trinajstić information content (AvgIpc) is 2.59. The molecule has 0 unspecified atom stereocenters. The third-order valence-corrected chi connectivity index (χ3v) is 3.69. The van der Waals surface area contributed by atoms with Crippen molar-refractivity contribution in [3.05, 3.63) is 53.6 Å². The van der Waals surface area contributed by atoms with Gasteiger partial charge < -0.3 is 14.8 Å². The molecule has 0 aromatic heterocycles. The molecule has 0 atom stereocenters. The molecule has 0 saturated carbocycles. The van der Waals surface area contributed by atoms with Crippen molar-refractivity contribution in [1.29, 1.82) is 5.26 Å². The van der Waals surface area contributed by atoms with Gasteiger partial charge in [-0.3, -0.25) is 4.79 Å². The maximum atomic E-state index is 12.1. The van der Waals surface area contributed by atoms with E-state index in [-0.39, 0.29) is 17.9 Å². The number of amides is 1. The molecule has 130 valence electrons. The lowest BCUT2D eigenvalue weighted by Gasteiger charge is -2.19. The van der Waals surface area contributed by atoms with Gasteiger partial charge in [0.05, 0.1) is 18.7 Å². The van der Waals surface area contributed by atoms with Gasteiger partial charge >= 0.3 is 0 Å². The minimum Gasteiger partial charge on any atom is -0.493 e. The van der Waals surface area contributed by atoms with Crippen molar-refractivity contribution in [1.82, 2.24) is 0 Å². The van der Waals surface area contributed by atoms with E-state index in [1.54, 1.807) is 18.2 Å². The average molecular weight is 338 g/mol. The summed E-state index contributed by atoms with van der Waals surface area (Å²) in [7, 11) is 1.49. The van der Waals surface area contributed by atoms with E-state index in [4.69, 9.17) is 14.7 Å². The molecule has 1 amide bonds. The summed E-state index contributed by atoms with van der Waals surface area (Å²) in [5.74, 6) is 0.566. The first-order valence-corrected chi connectivity index (χ1v) is 7.95. The third kappa shape index (κ3) is 4.98. The second kappa shape index (κ2) is 7.71. The summed E-state index contributed by atoms with van der Waals surface area (Å²) >= 11 is 0. The van der Waals surface area contributed by atoms with Crippen molar-refractivity contribution in [2.45, 2.75) is 26.2 Å². The topological polar surface area (TPSA) is 71.3 Å². The molecule has 5 heteroatoms. The lowest BCUT2D eigenvalue weighted by atomic mass is 9.87. The Hall–Kier alpha value is -3.00. The quantitative estimate of drug-likeness (QED) is 0.898. The normalized spacial score (nSPS) is 10.7. The van der Waals surface area contributed by atoms with Crippen LogP contribution in [0.1, 0.15) is 31.9 Å². The van der Waals surface area contributed by atoms with Gasteiger partial charge in [0.1, 0.15) is 0 Å². The Morgan fingerprint density at radius 3 is 2.36 bits per heavy atom. The van der Waals surface area contributed by atoms with Gasteiger partial charge in [-0.05, 0) is 35.2 Å². The molecule has 0 radical (unpaired) electrons. The lowest BCUT2D eigenvalue weighted by molar-refractivity contribution is -0.118. The number of hydrogen-bond acceptors (Lipinski definition) is 4. The van der Waals surface area contributed by atoms with Crippen molar-refractivity contribution in [3.63, 3.8) is 0 Å². The zero-order valence-electron chi connectivity index (χ0n) is 14.9. The molecule has 25 heavy (non-hydrogen) atoms. The molecule has 2 aromatic rings. The van der Waals surface area contributed by atoms with Crippen molar-refractivity contribution in [2.24, 2.45) is 0 Å². The van der Waals surface area contributed by atoms with E-state index in [2.05, 4.69) is 26.1 Å². The van der Waals surface area contributed by atoms with Crippen LogP contribution in [0.3, 0.4) is 0 Å². The van der Waals surface area contributed by atoms with Crippen LogP contribution in [0.25, 0.3) is 0 Å². The van der Waals surface area contributed by atoms with Crippen LogP contribution in [0.15, 0.2) is 42.5 Å². The van der Waals surface area contributed by atoms with Crippen LogP contribution in [0.2, 0.25) is 0 Å². The Balaban J connectivity index is 1.96. The van der Waals surface area contributed by atoms with Gasteiger partial charge in [-0.2, -0.15) is 5.26 Å². The molecular weight excluding hydrogens is 316 g/mol. The first-order valence-electron chi connectivity index (χ1n) is 7.95. The highest BCUT2D eigenvalue weighted by molar-refractivity contribution is 5.91. The summed E-state index contributed by atoms with van der Waals surface area (Å²) in [6.45, 7) is 6.27. The summed E-state index contributed by atoms with van der Waals surface area (Å²) < 4.78 is 10.7. The Morgan fingerprint density at radius 2 is 1.80 bits per heavy atom. The van der Waals surface area contributed by atoms with E-state index in [1.165, 1.54) is 12.7 Å². The second-order valence-electron chi connectivity index (χ2n) is 6.64. The van der Waals surface area contributed by atoms with Crippen LogP contribution in [0.4, 0.5) is 5.69 Å². The fourth-order valence-corrected chi connectivity index (χ4v) is 2.25. The smallest absolute Gasteiger partial charge is 0.262 e. The fourth-order valence-electron chi connectivity index (χ4n) is 2.25. The number of rotatable bonds is 5. The number of hydrogen-bond donors (Lipinski definition) is 1. The van der Waals surface area contributed by atoms with Crippen LogP contribution in [-0.2, 0) is 10.2 Å². The van der Waals surface area contributed by atoms with Crippen molar-refractivity contribution in [3.8, 4) is 17.6 Å². The zero-order chi connectivity index (χ0) is 18.4. The SMILES string of the molecule is COc1cc(C#N)ccc1OCC(=O)Nc1ccc(C(C)(C)C)cc1. The molecule has 0 aliphatic rings. The van der Waals surface area contributed by atoms with Crippen LogP contribution in [0, 0.1) is 11.3 Å². The standard InChI is InChI=1S/C20H22N2O3/c1-20(2,3)15-6-8-16(9-7-15)22-19(23)13-25-17-10-5-14(12-21)11-18(17)24-4/h5-11H,13H2,1-4H3,(H,22,23). The maximum absolute atomic E-state index is 12.1. The summed E-state index contributed by atoms with van der Waals surface area (Å²) in [5.41, 5.74) is 2.45. The predicted molar refractivity (Wildman–Crippen MR) is 97.0 cm³/mol. The number of ether oxygens (including phenoxy) is 2. The van der Waals surface area contributed by atoms with Crippen LogP contribution >= 0.6 is 0 Å². The number of carbonyl (C=O) groups is 1. The highest BCUT2D eigenvalue weighted by atomic mass is 16.5. The molecule has 2 rings (SSSR count). The minimum absolute atomic E-state index is 0.0673. The van der Waals surface area contributed by atoms with Gasteiger partial charge in [0, 0.05) is 11.8 Å². The monoisotopic (exact) mass is 338 g/mol. The molecule has 0 saturated heterocycles. The first kappa shape index (κ1) is 18.3. The van der Waals surface area contributed by atoms with Gasteiger partial charge in [-0.15, -0.1) is 0 Å². The molecule has 0 bridgehead atoms. The lowest BCUT2D eigenvalue weighted by Crippen LogP contribution is -2.20. The highest BCUT2D eigenvalue weighted by Crippen LogP contribution is 2.28. The largest absolute Gasteiger partial charge is 0.493 e. The molecule has 2 aromatic carbocycles. The van der Waals surface area contributed by atoms with Crippen molar-refractivity contribution < 1.29 is 14.3 Å². The summed E-state index contributed by atoms with van der Waals surface area (Å²) in [6, 6.07) is 14.6. The van der Waals surface area contributed by atoms with E-state index < -0.39 is 0 Å². The molecular formula is C20H22N2O3. The van der Waals surface area contributed by atoms with E-state index in [0.29, 0.717) is 22.7 Å². The summed E-state index contributed by atoms with van der Waals surface area (Å²) in [6.07, 6.45) is 0. The van der Waals surface area contributed by atoms with Gasteiger partial charge in [-0.1, -0.05) is 32.9 Å². The van der Waals surface area contributed by atoms with Gasteiger partial charge in [-0.25, -0.2) is 0 Å². The Kier molecular flexibility index (Phi) is 5.66. The van der Waals surface area contributed by atoms with E-state index >= 15 is 0 Å². The number of carbonyl (C=O) groups excluding carboxylic acids is 1. The molecule has 0 spiro atoms. The van der Waals surface area contributed by atoms with Crippen LogP contribution in [0.5, 0.6) is 11.5 Å². The molecule has 0 aliphatic carbocycles. The summed E-state index contributed by atoms with van der Waals surface area (Å²) in [5, 5.41) is 11.7. The zero-order valence-corrected chi connectivity index (χ0v) is 14.9. The Morgan fingerprint density at radius 1 is 1.12 bits per heavy atom. The fraction of sp³-hybridized carbons (Fsp3) is 0.300. The number of methoxy groups -OCH3 is 1. The number of nitrogens with one attached hydrogen (secondary N) is 1. The second-order valence-corrected chi connectivity index (χ2v) is 6.64. The van der Waals surface area contributed by atoms with Crippen LogP contribution < -0.4 is 14.8 Å². The van der Waals surface area contributed by atoms with E-state index in [0.717, 1.165) is 0 Å². The number of benzene rings is 2. The molecule has 0 aliphatic heterocycles. The van der Waals surface area contributed by atoms with Crippen LogP contribution in [-0.4, -0.2) is 19.6 Å². The molecule has 0 fully saturated rings.